The zero-order valence-corrected chi connectivity index (χ0v) is 15.7. The number of carbonyl (C=O) groups is 3. The summed E-state index contributed by atoms with van der Waals surface area (Å²) in [5, 5.41) is 0. The molecular formula is C20H23F3N2O3. The molecule has 0 saturated carbocycles. The predicted octanol–water partition coefficient (Wildman–Crippen LogP) is 2.97. The Morgan fingerprint density at radius 2 is 1.64 bits per heavy atom. The normalized spacial score (nSPS) is 23.0. The number of piperidine rings is 1. The van der Waals surface area contributed by atoms with Gasteiger partial charge in [-0.25, -0.2) is 0 Å². The van der Waals surface area contributed by atoms with Gasteiger partial charge in [-0.05, 0) is 32.6 Å². The first kappa shape index (κ1) is 20.4. The molecule has 1 aromatic rings. The first-order valence-electron chi connectivity index (χ1n) is 9.46. The van der Waals surface area contributed by atoms with Crippen molar-refractivity contribution >= 4 is 17.6 Å². The summed E-state index contributed by atoms with van der Waals surface area (Å²) in [6, 6.07) is 6.09. The molecule has 2 aliphatic rings. The number of halogens is 3. The number of rotatable bonds is 3. The average molecular weight is 396 g/mol. The van der Waals surface area contributed by atoms with Gasteiger partial charge in [-0.1, -0.05) is 29.8 Å². The maximum atomic E-state index is 12.8. The number of hydrogen-bond donors (Lipinski definition) is 0. The molecule has 0 aromatic heterocycles. The second-order valence-electron chi connectivity index (χ2n) is 7.51. The number of Topliss-reactive ketones (excluding diaryl/α,β-unsaturated/α-hetero) is 1. The molecule has 8 heteroatoms. The summed E-state index contributed by atoms with van der Waals surface area (Å²) in [6.07, 6.45) is -3.18. The van der Waals surface area contributed by atoms with Crippen molar-refractivity contribution in [3.05, 3.63) is 35.4 Å². The molecule has 5 nitrogen and oxygen atoms in total. The molecular weight excluding hydrogens is 373 g/mol. The van der Waals surface area contributed by atoms with E-state index in [4.69, 9.17) is 0 Å². The lowest BCUT2D eigenvalue weighted by atomic mass is 9.89. The Hall–Kier alpha value is -2.38. The number of alkyl halides is 3. The van der Waals surface area contributed by atoms with Gasteiger partial charge >= 0.3 is 12.1 Å². The molecule has 0 spiro atoms. The highest BCUT2D eigenvalue weighted by Crippen LogP contribution is 2.28. The Labute approximate surface area is 161 Å². The quantitative estimate of drug-likeness (QED) is 0.738. The van der Waals surface area contributed by atoms with Crippen LogP contribution in [-0.4, -0.2) is 59.2 Å². The van der Waals surface area contributed by atoms with Crippen molar-refractivity contribution in [3.63, 3.8) is 0 Å². The van der Waals surface area contributed by atoms with Crippen LogP contribution in [0.5, 0.6) is 0 Å². The third-order valence-corrected chi connectivity index (χ3v) is 5.48. The highest BCUT2D eigenvalue weighted by molar-refractivity contribution is 5.98. The van der Waals surface area contributed by atoms with Gasteiger partial charge in [0, 0.05) is 31.1 Å². The maximum absolute atomic E-state index is 12.8. The van der Waals surface area contributed by atoms with Gasteiger partial charge in [0.25, 0.3) is 0 Å². The van der Waals surface area contributed by atoms with Crippen molar-refractivity contribution < 1.29 is 27.6 Å². The van der Waals surface area contributed by atoms with Gasteiger partial charge in [-0.2, -0.15) is 13.2 Å². The SMILES string of the molecule is Cc1ccc(C(=O)C2CCCN(C(=O)C3CCCN3C(=O)C(F)(F)F)C2)cc1. The number of carbonyl (C=O) groups excluding carboxylic acids is 3. The van der Waals surface area contributed by atoms with Crippen molar-refractivity contribution in [1.82, 2.24) is 9.80 Å². The van der Waals surface area contributed by atoms with Gasteiger partial charge in [0.15, 0.2) is 5.78 Å². The Kier molecular flexibility index (Phi) is 5.76. The lowest BCUT2D eigenvalue weighted by Crippen LogP contribution is -2.53. The van der Waals surface area contributed by atoms with Crippen LogP contribution in [0.1, 0.15) is 41.6 Å². The molecule has 0 bridgehead atoms. The molecule has 1 aromatic carbocycles. The van der Waals surface area contributed by atoms with Crippen LogP contribution < -0.4 is 0 Å². The third-order valence-electron chi connectivity index (χ3n) is 5.48. The minimum Gasteiger partial charge on any atom is -0.340 e. The molecule has 2 aliphatic heterocycles. The lowest BCUT2D eigenvalue weighted by Gasteiger charge is -2.35. The van der Waals surface area contributed by atoms with Gasteiger partial charge < -0.3 is 9.80 Å². The smallest absolute Gasteiger partial charge is 0.340 e. The van der Waals surface area contributed by atoms with E-state index in [9.17, 15) is 27.6 Å². The van der Waals surface area contributed by atoms with Gasteiger partial charge in [0.05, 0.1) is 0 Å². The number of likely N-dealkylation sites (tertiary alicyclic amines) is 2. The summed E-state index contributed by atoms with van der Waals surface area (Å²) < 4.78 is 38.4. The minimum absolute atomic E-state index is 0.0628. The molecule has 0 aliphatic carbocycles. The Morgan fingerprint density at radius 1 is 1.00 bits per heavy atom. The van der Waals surface area contributed by atoms with E-state index < -0.39 is 24.0 Å². The summed E-state index contributed by atoms with van der Waals surface area (Å²) in [4.78, 5) is 39.3. The zero-order chi connectivity index (χ0) is 20.5. The molecule has 2 heterocycles. The first-order valence-corrected chi connectivity index (χ1v) is 9.46. The van der Waals surface area contributed by atoms with E-state index in [0.29, 0.717) is 36.3 Å². The molecule has 3 rings (SSSR count). The van der Waals surface area contributed by atoms with E-state index in [-0.39, 0.29) is 31.2 Å². The topological polar surface area (TPSA) is 57.7 Å². The summed E-state index contributed by atoms with van der Waals surface area (Å²) in [6.45, 7) is 2.41. The third kappa shape index (κ3) is 4.20. The van der Waals surface area contributed by atoms with Gasteiger partial charge in [0.1, 0.15) is 6.04 Å². The van der Waals surface area contributed by atoms with Crippen molar-refractivity contribution in [2.75, 3.05) is 19.6 Å². The molecule has 2 unspecified atom stereocenters. The molecule has 152 valence electrons. The highest BCUT2D eigenvalue weighted by Gasteiger charge is 2.48. The van der Waals surface area contributed by atoms with Crippen LogP contribution in [0, 0.1) is 12.8 Å². The van der Waals surface area contributed by atoms with E-state index in [1.165, 1.54) is 4.90 Å². The number of hydrogen-bond acceptors (Lipinski definition) is 3. The van der Waals surface area contributed by atoms with E-state index in [2.05, 4.69) is 0 Å². The molecule has 0 N–H and O–H groups in total. The fraction of sp³-hybridized carbons (Fsp3) is 0.550. The van der Waals surface area contributed by atoms with Crippen LogP contribution in [0.2, 0.25) is 0 Å². The lowest BCUT2D eigenvalue weighted by molar-refractivity contribution is -0.187. The predicted molar refractivity (Wildman–Crippen MR) is 95.6 cm³/mol. The Balaban J connectivity index is 1.69. The molecule has 0 radical (unpaired) electrons. The molecule has 28 heavy (non-hydrogen) atoms. The number of benzene rings is 1. The molecule has 2 fully saturated rings. The number of amides is 2. The minimum atomic E-state index is -4.99. The van der Waals surface area contributed by atoms with Gasteiger partial charge in [0.2, 0.25) is 5.91 Å². The first-order chi connectivity index (χ1) is 13.2. The van der Waals surface area contributed by atoms with Gasteiger partial charge in [-0.3, -0.25) is 14.4 Å². The van der Waals surface area contributed by atoms with Crippen molar-refractivity contribution in [3.8, 4) is 0 Å². The van der Waals surface area contributed by atoms with E-state index >= 15 is 0 Å². The summed E-state index contributed by atoms with van der Waals surface area (Å²) in [5.41, 5.74) is 1.60. The maximum Gasteiger partial charge on any atom is 0.471 e. The van der Waals surface area contributed by atoms with Crippen LogP contribution in [0.4, 0.5) is 13.2 Å². The average Bonchev–Trinajstić information content (AvgIpc) is 3.15. The highest BCUT2D eigenvalue weighted by atomic mass is 19.4. The second-order valence-corrected chi connectivity index (χ2v) is 7.51. The van der Waals surface area contributed by atoms with Crippen LogP contribution in [-0.2, 0) is 9.59 Å². The molecule has 2 atom stereocenters. The van der Waals surface area contributed by atoms with Crippen LogP contribution in [0.25, 0.3) is 0 Å². The summed E-state index contributed by atoms with van der Waals surface area (Å²) >= 11 is 0. The number of nitrogens with zero attached hydrogens (tertiary/aromatic N) is 2. The Morgan fingerprint density at radius 3 is 2.29 bits per heavy atom. The largest absolute Gasteiger partial charge is 0.471 e. The molecule has 2 saturated heterocycles. The van der Waals surface area contributed by atoms with Crippen molar-refractivity contribution in [1.29, 1.82) is 0 Å². The monoisotopic (exact) mass is 396 g/mol. The van der Waals surface area contributed by atoms with E-state index in [0.717, 1.165) is 5.56 Å². The van der Waals surface area contributed by atoms with Gasteiger partial charge in [-0.15, -0.1) is 0 Å². The Bertz CT molecular complexity index is 761. The van der Waals surface area contributed by atoms with Crippen LogP contribution >= 0.6 is 0 Å². The van der Waals surface area contributed by atoms with E-state index in [1.54, 1.807) is 12.1 Å². The molecule has 2 amide bonds. The van der Waals surface area contributed by atoms with Crippen LogP contribution in [0.15, 0.2) is 24.3 Å². The van der Waals surface area contributed by atoms with Crippen LogP contribution in [0.3, 0.4) is 0 Å². The fourth-order valence-electron chi connectivity index (χ4n) is 3.98. The number of ketones is 1. The van der Waals surface area contributed by atoms with E-state index in [1.807, 2.05) is 19.1 Å². The fourth-order valence-corrected chi connectivity index (χ4v) is 3.98. The van der Waals surface area contributed by atoms with Crippen molar-refractivity contribution in [2.45, 2.75) is 44.8 Å². The van der Waals surface area contributed by atoms with Crippen molar-refractivity contribution in [2.24, 2.45) is 5.92 Å². The summed E-state index contributed by atoms with van der Waals surface area (Å²) in [7, 11) is 0. The standard InChI is InChI=1S/C20H23F3N2O3/c1-13-6-8-14(9-7-13)17(26)15-4-2-10-24(12-15)18(27)16-5-3-11-25(16)19(28)20(21,22)23/h6-9,15-16H,2-5,10-12H2,1H3. The number of aryl methyl sites for hydroxylation is 1. The zero-order valence-electron chi connectivity index (χ0n) is 15.7. The summed E-state index contributed by atoms with van der Waals surface area (Å²) in [5.74, 6) is -2.90. The second kappa shape index (κ2) is 7.93.